The normalized spacial score (nSPS) is 11.6. The van der Waals surface area contributed by atoms with E-state index < -0.39 is 0 Å². The van der Waals surface area contributed by atoms with Crippen molar-refractivity contribution in [1.29, 1.82) is 0 Å². The van der Waals surface area contributed by atoms with Gasteiger partial charge in [-0.05, 0) is 54.7 Å². The number of hydrogen-bond donors (Lipinski definition) is 1. The first kappa shape index (κ1) is 25.7. The number of Topliss-reactive ketones (excluding diaryl/α,β-unsaturated/α-hetero) is 1. The van der Waals surface area contributed by atoms with E-state index in [1.165, 1.54) is 13.4 Å². The lowest BCUT2D eigenvalue weighted by Crippen LogP contribution is -2.08. The zero-order valence-corrected chi connectivity index (χ0v) is 21.2. The van der Waals surface area contributed by atoms with Crippen molar-refractivity contribution in [3.8, 4) is 11.5 Å². The largest absolute Gasteiger partial charge is 0.465 e. The highest BCUT2D eigenvalue weighted by Crippen LogP contribution is 2.24. The van der Waals surface area contributed by atoms with E-state index in [4.69, 9.17) is 4.74 Å². The van der Waals surface area contributed by atoms with Crippen LogP contribution >= 0.6 is 0 Å². The van der Waals surface area contributed by atoms with E-state index in [0.717, 1.165) is 29.9 Å². The number of carbonyl (C=O) groups excluding carboxylic acids is 2. The molecule has 2 aromatic heterocycles. The Morgan fingerprint density at radius 3 is 2.65 bits per heavy atom. The number of anilines is 1. The Kier molecular flexibility index (Phi) is 8.35. The van der Waals surface area contributed by atoms with Crippen LogP contribution in [-0.4, -0.2) is 43.6 Å². The number of nitrogens with zero attached hydrogens (tertiary/aromatic N) is 5. The van der Waals surface area contributed by atoms with Gasteiger partial charge in [0.1, 0.15) is 12.0 Å². The Balaban J connectivity index is 1.30. The van der Waals surface area contributed by atoms with E-state index in [9.17, 15) is 9.59 Å². The number of nitrogens with one attached hydrogen (secondary N) is 1. The van der Waals surface area contributed by atoms with Crippen molar-refractivity contribution >= 4 is 17.4 Å². The van der Waals surface area contributed by atoms with Gasteiger partial charge in [-0.2, -0.15) is 0 Å². The molecule has 4 rings (SSSR count). The predicted molar refractivity (Wildman–Crippen MR) is 140 cm³/mol. The zero-order chi connectivity index (χ0) is 26.2. The highest BCUT2D eigenvalue weighted by Gasteiger charge is 2.14. The molecule has 0 bridgehead atoms. The molecular weight excluding hydrogens is 468 g/mol. The summed E-state index contributed by atoms with van der Waals surface area (Å²) in [5.74, 6) is 1.39. The van der Waals surface area contributed by atoms with Crippen LogP contribution in [0.25, 0.3) is 11.5 Å². The highest BCUT2D eigenvalue weighted by atomic mass is 16.5. The van der Waals surface area contributed by atoms with Crippen LogP contribution in [-0.2, 0) is 18.3 Å². The van der Waals surface area contributed by atoms with Crippen LogP contribution in [0.4, 0.5) is 5.69 Å². The molecule has 0 saturated heterocycles. The molecule has 0 fully saturated rings. The Hall–Kier alpha value is -4.40. The number of methoxy groups -OCH3 is 1. The van der Waals surface area contributed by atoms with Crippen molar-refractivity contribution < 1.29 is 14.3 Å². The second kappa shape index (κ2) is 12.0. The lowest BCUT2D eigenvalue weighted by Gasteiger charge is -2.13. The third-order valence-electron chi connectivity index (χ3n) is 6.33. The topological polar surface area (TPSA) is 112 Å². The number of benzene rings is 2. The monoisotopic (exact) mass is 498 g/mol. The van der Waals surface area contributed by atoms with Gasteiger partial charge in [0.25, 0.3) is 0 Å². The van der Waals surface area contributed by atoms with Crippen molar-refractivity contribution in [1.82, 2.24) is 24.7 Å². The summed E-state index contributed by atoms with van der Waals surface area (Å²) in [6.45, 7) is 2.56. The SMILES string of the molecule is COC(=O)c1cccc([C@@H](C)CCCC(=O)c2cccc(NCc3nnc(-c4ccncn4)n3C)c2)c1. The van der Waals surface area contributed by atoms with Gasteiger partial charge < -0.3 is 14.6 Å². The molecule has 2 heterocycles. The van der Waals surface area contributed by atoms with Gasteiger partial charge in [0, 0.05) is 30.9 Å². The highest BCUT2D eigenvalue weighted by molar-refractivity contribution is 5.96. The molecule has 0 aliphatic heterocycles. The number of ether oxygens (including phenoxy) is 1. The van der Waals surface area contributed by atoms with E-state index in [1.54, 1.807) is 18.3 Å². The molecule has 37 heavy (non-hydrogen) atoms. The molecule has 0 unspecified atom stereocenters. The number of ketones is 1. The summed E-state index contributed by atoms with van der Waals surface area (Å²) in [5.41, 5.74) is 3.82. The fourth-order valence-corrected chi connectivity index (χ4v) is 4.11. The summed E-state index contributed by atoms with van der Waals surface area (Å²) >= 11 is 0. The van der Waals surface area contributed by atoms with Crippen LogP contribution in [0.3, 0.4) is 0 Å². The molecule has 0 spiro atoms. The second-order valence-electron chi connectivity index (χ2n) is 8.86. The zero-order valence-electron chi connectivity index (χ0n) is 21.2. The van der Waals surface area contributed by atoms with E-state index >= 15 is 0 Å². The number of aromatic nitrogens is 5. The number of hydrogen-bond acceptors (Lipinski definition) is 8. The maximum absolute atomic E-state index is 12.9. The second-order valence-corrected chi connectivity index (χ2v) is 8.86. The first-order valence-electron chi connectivity index (χ1n) is 12.2. The third-order valence-corrected chi connectivity index (χ3v) is 6.33. The molecule has 1 atom stereocenters. The van der Waals surface area contributed by atoms with Crippen LogP contribution in [0.5, 0.6) is 0 Å². The minimum absolute atomic E-state index is 0.101. The van der Waals surface area contributed by atoms with Gasteiger partial charge in [0.15, 0.2) is 17.4 Å². The molecule has 0 aliphatic rings. The minimum atomic E-state index is -0.344. The molecule has 0 saturated carbocycles. The molecule has 2 aromatic carbocycles. The summed E-state index contributed by atoms with van der Waals surface area (Å²) in [6, 6.07) is 16.8. The summed E-state index contributed by atoms with van der Waals surface area (Å²) < 4.78 is 6.69. The van der Waals surface area contributed by atoms with Crippen molar-refractivity contribution in [2.24, 2.45) is 7.05 Å². The molecule has 190 valence electrons. The summed E-state index contributed by atoms with van der Waals surface area (Å²) in [5, 5.41) is 11.8. The van der Waals surface area contributed by atoms with Gasteiger partial charge in [-0.25, -0.2) is 14.8 Å². The van der Waals surface area contributed by atoms with Gasteiger partial charge in [-0.1, -0.05) is 31.2 Å². The van der Waals surface area contributed by atoms with Crippen molar-refractivity contribution in [2.45, 2.75) is 38.6 Å². The average molecular weight is 499 g/mol. The number of carbonyl (C=O) groups is 2. The van der Waals surface area contributed by atoms with Crippen LogP contribution in [0.2, 0.25) is 0 Å². The molecule has 9 nitrogen and oxygen atoms in total. The fraction of sp³-hybridized carbons (Fsp3) is 0.286. The van der Waals surface area contributed by atoms with Crippen LogP contribution in [0.1, 0.15) is 64.2 Å². The maximum Gasteiger partial charge on any atom is 0.337 e. The smallest absolute Gasteiger partial charge is 0.337 e. The summed E-state index contributed by atoms with van der Waals surface area (Å²) in [6.07, 6.45) is 5.20. The van der Waals surface area contributed by atoms with Crippen LogP contribution < -0.4 is 5.32 Å². The Bertz CT molecular complexity index is 1370. The Morgan fingerprint density at radius 2 is 1.86 bits per heavy atom. The lowest BCUT2D eigenvalue weighted by atomic mass is 9.93. The summed E-state index contributed by atoms with van der Waals surface area (Å²) in [4.78, 5) is 32.8. The van der Waals surface area contributed by atoms with E-state index in [0.29, 0.717) is 35.6 Å². The van der Waals surface area contributed by atoms with E-state index in [2.05, 4.69) is 32.4 Å². The molecule has 9 heteroatoms. The third kappa shape index (κ3) is 6.43. The molecule has 0 radical (unpaired) electrons. The van der Waals surface area contributed by atoms with Gasteiger partial charge in [-0.15, -0.1) is 10.2 Å². The summed E-state index contributed by atoms with van der Waals surface area (Å²) in [7, 11) is 3.27. The van der Waals surface area contributed by atoms with Crippen molar-refractivity contribution in [3.05, 3.63) is 89.6 Å². The predicted octanol–water partition coefficient (Wildman–Crippen LogP) is 4.83. The maximum atomic E-state index is 12.9. The number of rotatable bonds is 11. The lowest BCUT2D eigenvalue weighted by molar-refractivity contribution is 0.0600. The molecule has 1 N–H and O–H groups in total. The molecule has 4 aromatic rings. The fourth-order valence-electron chi connectivity index (χ4n) is 4.11. The standard InChI is InChI=1S/C28H30N6O3/c1-19(20-8-5-10-22(15-20)28(36)37-3)7-4-12-25(35)21-9-6-11-23(16-21)30-17-26-32-33-27(34(26)2)24-13-14-29-18-31-24/h5-6,8-11,13-16,18-19,30H,4,7,12,17H2,1-3H3/t19-/m0/s1. The Morgan fingerprint density at radius 1 is 1.05 bits per heavy atom. The van der Waals surface area contributed by atoms with E-state index in [-0.39, 0.29) is 17.7 Å². The quantitative estimate of drug-likeness (QED) is 0.231. The van der Waals surface area contributed by atoms with Crippen molar-refractivity contribution in [3.63, 3.8) is 0 Å². The van der Waals surface area contributed by atoms with Crippen LogP contribution in [0.15, 0.2) is 67.1 Å². The Labute approximate surface area is 216 Å². The van der Waals surface area contributed by atoms with Crippen LogP contribution in [0, 0.1) is 0 Å². The molecular formula is C28H30N6O3. The van der Waals surface area contributed by atoms with Gasteiger partial charge in [-0.3, -0.25) is 4.79 Å². The first-order valence-corrected chi connectivity index (χ1v) is 12.2. The van der Waals surface area contributed by atoms with Gasteiger partial charge >= 0.3 is 5.97 Å². The molecule has 0 amide bonds. The van der Waals surface area contributed by atoms with Crippen molar-refractivity contribution in [2.75, 3.05) is 12.4 Å². The average Bonchev–Trinajstić information content (AvgIpc) is 3.31. The minimum Gasteiger partial charge on any atom is -0.465 e. The van der Waals surface area contributed by atoms with E-state index in [1.807, 2.05) is 54.1 Å². The number of esters is 1. The first-order chi connectivity index (χ1) is 18.0. The van der Waals surface area contributed by atoms with Gasteiger partial charge in [0.2, 0.25) is 0 Å². The molecule has 0 aliphatic carbocycles. The van der Waals surface area contributed by atoms with Gasteiger partial charge in [0.05, 0.1) is 19.2 Å².